The summed E-state index contributed by atoms with van der Waals surface area (Å²) in [6, 6.07) is 11.1. The van der Waals surface area contributed by atoms with Gasteiger partial charge in [-0.2, -0.15) is 35.9 Å². The molecule has 1 aromatic carbocycles. The maximum atomic E-state index is 3.00. The van der Waals surface area contributed by atoms with Gasteiger partial charge in [0.25, 0.3) is 0 Å². The minimum absolute atomic E-state index is 0. The third kappa shape index (κ3) is 4.78. The van der Waals surface area contributed by atoms with E-state index in [1.165, 1.54) is 5.56 Å². The first-order valence-electron chi connectivity index (χ1n) is 3.57. The Bertz CT molecular complexity index is 196. The van der Waals surface area contributed by atoms with Crippen molar-refractivity contribution in [1.29, 1.82) is 0 Å². The topological polar surface area (TPSA) is 0 Å². The Morgan fingerprint density at radius 1 is 1.08 bits per heavy atom. The molecule has 0 spiro atoms. The molecule has 1 heteroatoms. The van der Waals surface area contributed by atoms with Gasteiger partial charge < -0.3 is 0 Å². The van der Waals surface area contributed by atoms with Crippen LogP contribution >= 0.6 is 0 Å². The predicted molar refractivity (Wildman–Crippen MR) is 50.7 cm³/mol. The van der Waals surface area contributed by atoms with Gasteiger partial charge in [-0.15, -0.1) is 0 Å². The molecule has 0 unspecified atom stereocenters. The Kier molecular flexibility index (Phi) is 8.09. The van der Waals surface area contributed by atoms with Gasteiger partial charge >= 0.3 is 51.4 Å². The molecule has 12 heavy (non-hydrogen) atoms. The quantitative estimate of drug-likeness (QED) is 0.409. The Labute approximate surface area is 119 Å². The van der Waals surface area contributed by atoms with Gasteiger partial charge in [-0.25, -0.2) is 0 Å². The summed E-state index contributed by atoms with van der Waals surface area (Å²) >= 11 is 0. The Hall–Kier alpha value is 0.856. The maximum Gasteiger partial charge on any atom is 1.00 e. The van der Waals surface area contributed by atoms with Crippen molar-refractivity contribution in [3.8, 4) is 0 Å². The van der Waals surface area contributed by atoms with E-state index in [0.29, 0.717) is 0 Å². The van der Waals surface area contributed by atoms with Gasteiger partial charge in [-0.05, 0) is 5.41 Å². The maximum absolute atomic E-state index is 3.00. The van der Waals surface area contributed by atoms with Crippen LogP contribution in [0.2, 0.25) is 0 Å². The van der Waals surface area contributed by atoms with Gasteiger partial charge in [-0.1, -0.05) is 28.2 Å². The van der Waals surface area contributed by atoms with Crippen molar-refractivity contribution in [2.24, 2.45) is 0 Å². The largest absolute Gasteiger partial charge is 1.00 e. The van der Waals surface area contributed by atoms with Crippen LogP contribution in [0.5, 0.6) is 0 Å². The predicted octanol–water partition coefficient (Wildman–Crippen LogP) is 0.424. The second kappa shape index (κ2) is 6.33. The van der Waals surface area contributed by atoms with Crippen LogP contribution in [0.3, 0.4) is 0 Å². The van der Waals surface area contributed by atoms with Crippen LogP contribution in [0.25, 0.3) is 0 Å². The standard InChI is InChI=1S/C10H13.CH4.K/c1-10(2,3)9-7-5-4-6-8-9;;/h5-8H,1-3H3;1H4;/q-1;;+1. The summed E-state index contributed by atoms with van der Waals surface area (Å²) in [6.07, 6.45) is 0. The fourth-order valence-electron chi connectivity index (χ4n) is 0.887. The van der Waals surface area contributed by atoms with Crippen LogP contribution in [0.15, 0.2) is 24.3 Å². The summed E-state index contributed by atoms with van der Waals surface area (Å²) in [5.41, 5.74) is 1.64. The molecule has 0 saturated heterocycles. The average Bonchev–Trinajstić information content (AvgIpc) is 1.88. The summed E-state index contributed by atoms with van der Waals surface area (Å²) in [4.78, 5) is 0. The molecule has 1 rings (SSSR count). The first-order valence-corrected chi connectivity index (χ1v) is 3.57. The van der Waals surface area contributed by atoms with Crippen LogP contribution in [0.1, 0.15) is 33.8 Å². The van der Waals surface area contributed by atoms with E-state index in [2.05, 4.69) is 39.0 Å². The molecule has 0 atom stereocenters. The molecule has 0 aromatic heterocycles. The molecule has 62 valence electrons. The van der Waals surface area contributed by atoms with Crippen molar-refractivity contribution >= 4 is 0 Å². The van der Waals surface area contributed by atoms with Gasteiger partial charge in [-0.3, -0.25) is 0 Å². The fraction of sp³-hybridized carbons (Fsp3) is 0.455. The molecule has 0 amide bonds. The van der Waals surface area contributed by atoms with Gasteiger partial charge in [0.05, 0.1) is 0 Å². The molecular formula is C11H17K. The number of rotatable bonds is 0. The SMILES string of the molecule is C.CC(C)(C)c1cc[c-]cc1.[K+]. The van der Waals surface area contributed by atoms with E-state index >= 15 is 0 Å². The van der Waals surface area contributed by atoms with Crippen LogP contribution < -0.4 is 51.4 Å². The van der Waals surface area contributed by atoms with Crippen LogP contribution in [-0.4, -0.2) is 0 Å². The third-order valence-corrected chi connectivity index (χ3v) is 1.58. The normalized spacial score (nSPS) is 9.58. The minimum Gasteiger partial charge on any atom is -0.184 e. The molecule has 0 aliphatic heterocycles. The fourth-order valence-corrected chi connectivity index (χ4v) is 0.887. The first kappa shape index (κ1) is 15.3. The molecule has 0 nitrogen and oxygen atoms in total. The molecule has 0 radical (unpaired) electrons. The summed E-state index contributed by atoms with van der Waals surface area (Å²) < 4.78 is 0. The molecule has 0 N–H and O–H groups in total. The molecule has 0 fully saturated rings. The van der Waals surface area contributed by atoms with Gasteiger partial charge in [0.15, 0.2) is 0 Å². The second-order valence-corrected chi connectivity index (χ2v) is 3.54. The zero-order valence-corrected chi connectivity index (χ0v) is 10.9. The van der Waals surface area contributed by atoms with E-state index in [1.807, 2.05) is 12.1 Å². The van der Waals surface area contributed by atoms with E-state index in [0.717, 1.165) is 0 Å². The molecule has 1 aromatic rings. The number of hydrogen-bond donors (Lipinski definition) is 0. The van der Waals surface area contributed by atoms with Crippen molar-refractivity contribution in [2.45, 2.75) is 33.6 Å². The van der Waals surface area contributed by atoms with Crippen LogP contribution in [0, 0.1) is 6.07 Å². The van der Waals surface area contributed by atoms with E-state index in [1.54, 1.807) is 0 Å². The molecular weight excluding hydrogens is 171 g/mol. The van der Waals surface area contributed by atoms with Gasteiger partial charge in [0.2, 0.25) is 0 Å². The Balaban J connectivity index is 0. The molecule has 0 aliphatic rings. The van der Waals surface area contributed by atoms with E-state index < -0.39 is 0 Å². The Morgan fingerprint density at radius 2 is 1.50 bits per heavy atom. The summed E-state index contributed by atoms with van der Waals surface area (Å²) in [7, 11) is 0. The Morgan fingerprint density at radius 3 is 1.75 bits per heavy atom. The molecule has 0 aliphatic carbocycles. The second-order valence-electron chi connectivity index (χ2n) is 3.54. The van der Waals surface area contributed by atoms with Crippen LogP contribution in [0.4, 0.5) is 0 Å². The molecule has 0 heterocycles. The van der Waals surface area contributed by atoms with E-state index in [9.17, 15) is 0 Å². The van der Waals surface area contributed by atoms with Gasteiger partial charge in [0, 0.05) is 0 Å². The average molecular weight is 188 g/mol. The third-order valence-electron chi connectivity index (χ3n) is 1.58. The zero-order chi connectivity index (χ0) is 7.61. The van der Waals surface area contributed by atoms with Crippen molar-refractivity contribution in [3.63, 3.8) is 0 Å². The minimum atomic E-state index is 0. The van der Waals surface area contributed by atoms with Crippen LogP contribution in [-0.2, 0) is 5.41 Å². The molecule has 0 bridgehead atoms. The van der Waals surface area contributed by atoms with E-state index in [4.69, 9.17) is 0 Å². The first-order chi connectivity index (χ1) is 4.61. The van der Waals surface area contributed by atoms with E-state index in [-0.39, 0.29) is 64.2 Å². The van der Waals surface area contributed by atoms with Gasteiger partial charge in [0.1, 0.15) is 0 Å². The van der Waals surface area contributed by atoms with Crippen molar-refractivity contribution in [2.75, 3.05) is 0 Å². The summed E-state index contributed by atoms with van der Waals surface area (Å²) in [5, 5.41) is 0. The van der Waals surface area contributed by atoms with Crippen molar-refractivity contribution in [1.82, 2.24) is 0 Å². The summed E-state index contributed by atoms with van der Waals surface area (Å²) in [6.45, 7) is 6.63. The smallest absolute Gasteiger partial charge is 0.184 e. The van der Waals surface area contributed by atoms with Crippen molar-refractivity contribution in [3.05, 3.63) is 35.9 Å². The number of hydrogen-bond acceptors (Lipinski definition) is 0. The number of benzene rings is 1. The zero-order valence-electron chi connectivity index (χ0n) is 7.81. The monoisotopic (exact) mass is 188 g/mol. The summed E-state index contributed by atoms with van der Waals surface area (Å²) in [5.74, 6) is 0. The van der Waals surface area contributed by atoms with Crippen molar-refractivity contribution < 1.29 is 51.4 Å². The molecule has 0 saturated carbocycles.